The molecule has 0 aromatic carbocycles. The fraction of sp³-hybridized carbons (Fsp3) is 0.750. The van der Waals surface area contributed by atoms with Gasteiger partial charge in [0.15, 0.2) is 0 Å². The van der Waals surface area contributed by atoms with Crippen LogP contribution in [0.3, 0.4) is 0 Å². The Kier molecular flexibility index (Phi) is 6.40. The van der Waals surface area contributed by atoms with Crippen molar-refractivity contribution in [2.75, 3.05) is 6.54 Å². The average Bonchev–Trinajstić information content (AvgIpc) is 2.84. The fourth-order valence-electron chi connectivity index (χ4n) is 2.19. The lowest BCUT2D eigenvalue weighted by atomic mass is 9.83. The molecular weight excluding hydrogens is 250 g/mol. The first kappa shape index (κ1) is 16.9. The zero-order valence-electron chi connectivity index (χ0n) is 13.4. The second kappa shape index (κ2) is 7.58. The molecule has 0 fully saturated rings. The third-order valence-corrected chi connectivity index (χ3v) is 3.99. The number of hydrogen-bond acceptors (Lipinski definition) is 3. The molecule has 0 aliphatic carbocycles. The van der Waals surface area contributed by atoms with Crippen LogP contribution in [0.15, 0.2) is 12.3 Å². The molecule has 1 atom stereocenters. The van der Waals surface area contributed by atoms with Crippen molar-refractivity contribution in [1.82, 2.24) is 9.78 Å². The van der Waals surface area contributed by atoms with Gasteiger partial charge in [0.1, 0.15) is 5.78 Å². The summed E-state index contributed by atoms with van der Waals surface area (Å²) in [6, 6.07) is 2.34. The molecule has 1 aromatic rings. The van der Waals surface area contributed by atoms with Crippen molar-refractivity contribution in [3.63, 3.8) is 0 Å². The standard InChI is InChI=1S/C16H29N3O/c1-5-13(2)19-11-7-14(18-19)12-15(20)6-8-16(3,4)9-10-17/h7,11,13H,5-6,8-10,12,17H2,1-4H3. The summed E-state index contributed by atoms with van der Waals surface area (Å²) in [5.74, 6) is 0.268. The van der Waals surface area contributed by atoms with E-state index in [0.29, 0.717) is 25.4 Å². The Labute approximate surface area is 122 Å². The van der Waals surface area contributed by atoms with Crippen LogP contribution in [-0.2, 0) is 11.2 Å². The maximum absolute atomic E-state index is 12.0. The molecule has 20 heavy (non-hydrogen) atoms. The molecule has 0 saturated carbocycles. The van der Waals surface area contributed by atoms with E-state index in [2.05, 4.69) is 32.8 Å². The Hall–Kier alpha value is -1.16. The lowest BCUT2D eigenvalue weighted by Gasteiger charge is -2.23. The highest BCUT2D eigenvalue weighted by atomic mass is 16.1. The van der Waals surface area contributed by atoms with Gasteiger partial charge in [0.25, 0.3) is 0 Å². The van der Waals surface area contributed by atoms with Gasteiger partial charge < -0.3 is 5.73 Å². The van der Waals surface area contributed by atoms with Crippen LogP contribution >= 0.6 is 0 Å². The van der Waals surface area contributed by atoms with Gasteiger partial charge in [0, 0.05) is 18.7 Å². The summed E-state index contributed by atoms with van der Waals surface area (Å²) in [6.07, 6.45) is 5.93. The summed E-state index contributed by atoms with van der Waals surface area (Å²) in [4.78, 5) is 12.0. The number of nitrogens with two attached hydrogens (primary N) is 1. The van der Waals surface area contributed by atoms with E-state index in [1.807, 2.05) is 16.9 Å². The molecule has 114 valence electrons. The van der Waals surface area contributed by atoms with Crippen LogP contribution in [0.1, 0.15) is 65.1 Å². The van der Waals surface area contributed by atoms with E-state index in [0.717, 1.165) is 25.0 Å². The van der Waals surface area contributed by atoms with Crippen LogP contribution in [0.25, 0.3) is 0 Å². The molecule has 4 heteroatoms. The van der Waals surface area contributed by atoms with E-state index in [-0.39, 0.29) is 11.2 Å². The molecule has 1 rings (SSSR count). The molecule has 0 saturated heterocycles. The summed E-state index contributed by atoms with van der Waals surface area (Å²) in [7, 11) is 0. The molecule has 2 N–H and O–H groups in total. The van der Waals surface area contributed by atoms with Crippen molar-refractivity contribution in [2.45, 2.75) is 65.8 Å². The lowest BCUT2D eigenvalue weighted by molar-refractivity contribution is -0.119. The van der Waals surface area contributed by atoms with Gasteiger partial charge in [-0.2, -0.15) is 5.10 Å². The van der Waals surface area contributed by atoms with Gasteiger partial charge in [-0.25, -0.2) is 0 Å². The monoisotopic (exact) mass is 279 g/mol. The number of carbonyl (C=O) groups excluding carboxylic acids is 1. The first-order valence-corrected chi connectivity index (χ1v) is 7.63. The normalized spacial score (nSPS) is 13.4. The van der Waals surface area contributed by atoms with Crippen molar-refractivity contribution < 1.29 is 4.79 Å². The minimum Gasteiger partial charge on any atom is -0.330 e. The number of nitrogens with zero attached hydrogens (tertiary/aromatic N) is 2. The van der Waals surface area contributed by atoms with Crippen LogP contribution < -0.4 is 5.73 Å². The summed E-state index contributed by atoms with van der Waals surface area (Å²) < 4.78 is 1.95. The number of ketones is 1. The summed E-state index contributed by atoms with van der Waals surface area (Å²) in [6.45, 7) is 9.29. The Balaban J connectivity index is 2.44. The second-order valence-electron chi connectivity index (χ2n) is 6.46. The van der Waals surface area contributed by atoms with Crippen LogP contribution in [-0.4, -0.2) is 22.1 Å². The highest BCUT2D eigenvalue weighted by Crippen LogP contribution is 2.26. The van der Waals surface area contributed by atoms with Gasteiger partial charge in [0.2, 0.25) is 0 Å². The maximum atomic E-state index is 12.0. The van der Waals surface area contributed by atoms with Crippen molar-refractivity contribution in [1.29, 1.82) is 0 Å². The number of hydrogen-bond donors (Lipinski definition) is 1. The Morgan fingerprint density at radius 1 is 1.45 bits per heavy atom. The van der Waals surface area contributed by atoms with E-state index in [1.54, 1.807) is 0 Å². The molecule has 1 aromatic heterocycles. The minimum absolute atomic E-state index is 0.153. The highest BCUT2D eigenvalue weighted by molar-refractivity contribution is 5.80. The number of Topliss-reactive ketones (excluding diaryl/α,β-unsaturated/α-hetero) is 1. The van der Waals surface area contributed by atoms with Crippen molar-refractivity contribution >= 4 is 5.78 Å². The first-order valence-electron chi connectivity index (χ1n) is 7.63. The molecule has 0 bridgehead atoms. The van der Waals surface area contributed by atoms with Gasteiger partial charge in [0.05, 0.1) is 12.1 Å². The molecule has 0 radical (unpaired) electrons. The SMILES string of the molecule is CCC(C)n1ccc(CC(=O)CCC(C)(C)CCN)n1. The van der Waals surface area contributed by atoms with Gasteiger partial charge in [-0.05, 0) is 44.2 Å². The summed E-state index contributed by atoms with van der Waals surface area (Å²) in [5.41, 5.74) is 6.63. The van der Waals surface area contributed by atoms with Gasteiger partial charge >= 0.3 is 0 Å². The quantitative estimate of drug-likeness (QED) is 0.755. The van der Waals surface area contributed by atoms with Crippen LogP contribution in [0, 0.1) is 5.41 Å². The van der Waals surface area contributed by atoms with Crippen molar-refractivity contribution in [2.24, 2.45) is 11.1 Å². The van der Waals surface area contributed by atoms with E-state index >= 15 is 0 Å². The second-order valence-corrected chi connectivity index (χ2v) is 6.46. The van der Waals surface area contributed by atoms with Gasteiger partial charge in [-0.1, -0.05) is 20.8 Å². The molecule has 0 aliphatic heterocycles. The zero-order valence-corrected chi connectivity index (χ0v) is 13.4. The number of rotatable bonds is 9. The van der Waals surface area contributed by atoms with Crippen LogP contribution in [0.4, 0.5) is 0 Å². The number of aromatic nitrogens is 2. The number of carbonyl (C=O) groups is 1. The lowest BCUT2D eigenvalue weighted by Crippen LogP contribution is -2.19. The van der Waals surface area contributed by atoms with E-state index in [4.69, 9.17) is 5.73 Å². The molecule has 1 heterocycles. The minimum atomic E-state index is 0.153. The highest BCUT2D eigenvalue weighted by Gasteiger charge is 2.18. The van der Waals surface area contributed by atoms with Gasteiger partial charge in [-0.3, -0.25) is 9.48 Å². The smallest absolute Gasteiger partial charge is 0.138 e. The third-order valence-electron chi connectivity index (χ3n) is 3.99. The Morgan fingerprint density at radius 3 is 2.75 bits per heavy atom. The van der Waals surface area contributed by atoms with E-state index < -0.39 is 0 Å². The average molecular weight is 279 g/mol. The molecule has 0 aliphatic rings. The van der Waals surface area contributed by atoms with Gasteiger partial charge in [-0.15, -0.1) is 0 Å². The van der Waals surface area contributed by atoms with E-state index in [1.165, 1.54) is 0 Å². The Morgan fingerprint density at radius 2 is 2.15 bits per heavy atom. The Bertz CT molecular complexity index is 423. The maximum Gasteiger partial charge on any atom is 0.138 e. The largest absolute Gasteiger partial charge is 0.330 e. The van der Waals surface area contributed by atoms with Crippen molar-refractivity contribution in [3.05, 3.63) is 18.0 Å². The zero-order chi connectivity index (χ0) is 15.2. The predicted octanol–water partition coefficient (Wildman–Crippen LogP) is 3.12. The predicted molar refractivity (Wildman–Crippen MR) is 82.6 cm³/mol. The molecule has 4 nitrogen and oxygen atoms in total. The van der Waals surface area contributed by atoms with Crippen LogP contribution in [0.5, 0.6) is 0 Å². The summed E-state index contributed by atoms with van der Waals surface area (Å²) >= 11 is 0. The van der Waals surface area contributed by atoms with Crippen molar-refractivity contribution in [3.8, 4) is 0 Å². The molecular formula is C16H29N3O. The molecule has 0 spiro atoms. The molecule has 0 amide bonds. The third kappa shape index (κ3) is 5.45. The molecule has 1 unspecified atom stereocenters. The fourth-order valence-corrected chi connectivity index (χ4v) is 2.19. The topological polar surface area (TPSA) is 60.9 Å². The van der Waals surface area contributed by atoms with Crippen LogP contribution in [0.2, 0.25) is 0 Å². The van der Waals surface area contributed by atoms with E-state index in [9.17, 15) is 4.79 Å². The first-order chi connectivity index (χ1) is 9.38. The summed E-state index contributed by atoms with van der Waals surface area (Å²) in [5, 5.41) is 4.48.